The Kier molecular flexibility index (Phi) is 5.17. The van der Waals surface area contributed by atoms with E-state index in [0.717, 1.165) is 34.0 Å². The number of nitrogens with zero attached hydrogens (tertiary/aromatic N) is 1. The monoisotopic (exact) mass is 337 g/mol. The zero-order valence-electron chi connectivity index (χ0n) is 12.4. The third-order valence-corrected chi connectivity index (χ3v) is 5.41. The van der Waals surface area contributed by atoms with E-state index in [1.165, 1.54) is 11.3 Å². The van der Waals surface area contributed by atoms with Crippen LogP contribution >= 0.6 is 23.1 Å². The van der Waals surface area contributed by atoms with E-state index in [0.29, 0.717) is 18.2 Å². The Morgan fingerprint density at radius 1 is 1.55 bits per heavy atom. The number of carbonyl (C=O) groups excluding carboxylic acids is 1. The van der Waals surface area contributed by atoms with Crippen LogP contribution in [0.15, 0.2) is 18.2 Å². The maximum Gasteiger partial charge on any atom is 0.227 e. The van der Waals surface area contributed by atoms with Gasteiger partial charge in [0.05, 0.1) is 16.8 Å². The molecule has 7 heteroatoms. The minimum Gasteiger partial charge on any atom is -0.494 e. The van der Waals surface area contributed by atoms with E-state index in [1.54, 1.807) is 0 Å². The fraction of sp³-hybridized carbons (Fsp3) is 0.467. The van der Waals surface area contributed by atoms with Crippen molar-refractivity contribution in [3.63, 3.8) is 0 Å². The number of aromatic nitrogens is 1. The molecule has 3 rings (SSSR count). The van der Waals surface area contributed by atoms with Gasteiger partial charge in [0.2, 0.25) is 5.91 Å². The summed E-state index contributed by atoms with van der Waals surface area (Å²) < 4.78 is 6.51. The highest BCUT2D eigenvalue weighted by Gasteiger charge is 2.17. The smallest absolute Gasteiger partial charge is 0.227 e. The van der Waals surface area contributed by atoms with Crippen LogP contribution in [0.5, 0.6) is 5.75 Å². The molecule has 5 nitrogen and oxygen atoms in total. The normalized spacial score (nSPS) is 18.3. The van der Waals surface area contributed by atoms with Crippen LogP contribution in [0.25, 0.3) is 10.2 Å². The minimum absolute atomic E-state index is 0.0177. The fourth-order valence-electron chi connectivity index (χ4n) is 2.36. The van der Waals surface area contributed by atoms with Crippen LogP contribution in [0.2, 0.25) is 0 Å². The van der Waals surface area contributed by atoms with Gasteiger partial charge in [-0.2, -0.15) is 11.8 Å². The number of benzene rings is 1. The number of ether oxygens (including phenoxy) is 1. The Bertz CT molecular complexity index is 653. The van der Waals surface area contributed by atoms with Crippen molar-refractivity contribution in [3.8, 4) is 5.75 Å². The van der Waals surface area contributed by atoms with Crippen LogP contribution in [0.1, 0.15) is 13.3 Å². The molecule has 118 valence electrons. The fourth-order valence-corrected chi connectivity index (χ4v) is 4.22. The van der Waals surface area contributed by atoms with Crippen LogP contribution in [-0.2, 0) is 4.79 Å². The molecule has 1 aromatic carbocycles. The second kappa shape index (κ2) is 7.30. The van der Waals surface area contributed by atoms with Gasteiger partial charge in [-0.1, -0.05) is 11.3 Å². The number of hydrogen-bond acceptors (Lipinski definition) is 6. The lowest BCUT2D eigenvalue weighted by Crippen LogP contribution is -2.39. The van der Waals surface area contributed by atoms with E-state index in [2.05, 4.69) is 15.6 Å². The van der Waals surface area contributed by atoms with E-state index in [1.807, 2.05) is 36.9 Å². The Hall–Kier alpha value is -1.31. The summed E-state index contributed by atoms with van der Waals surface area (Å²) in [5.41, 5.74) is 0.884. The van der Waals surface area contributed by atoms with E-state index >= 15 is 0 Å². The molecule has 1 aliphatic heterocycles. The highest BCUT2D eigenvalue weighted by molar-refractivity contribution is 7.99. The van der Waals surface area contributed by atoms with E-state index in [-0.39, 0.29) is 11.9 Å². The summed E-state index contributed by atoms with van der Waals surface area (Å²) in [4.78, 5) is 16.6. The zero-order chi connectivity index (χ0) is 15.4. The van der Waals surface area contributed by atoms with Gasteiger partial charge in [-0.05, 0) is 25.1 Å². The van der Waals surface area contributed by atoms with Crippen LogP contribution in [-0.4, -0.2) is 41.6 Å². The van der Waals surface area contributed by atoms with Crippen LogP contribution in [0.4, 0.5) is 5.13 Å². The molecule has 1 fully saturated rings. The largest absolute Gasteiger partial charge is 0.494 e. The average Bonchev–Trinajstić information content (AvgIpc) is 2.89. The number of carbonyl (C=O) groups is 1. The van der Waals surface area contributed by atoms with Gasteiger partial charge in [-0.15, -0.1) is 0 Å². The van der Waals surface area contributed by atoms with E-state index in [9.17, 15) is 4.79 Å². The van der Waals surface area contributed by atoms with Crippen molar-refractivity contribution in [2.24, 2.45) is 0 Å². The molecule has 0 saturated carbocycles. The van der Waals surface area contributed by atoms with Crippen LogP contribution < -0.4 is 15.4 Å². The first-order valence-electron chi connectivity index (χ1n) is 7.39. The van der Waals surface area contributed by atoms with Gasteiger partial charge in [0.25, 0.3) is 0 Å². The molecule has 2 N–H and O–H groups in total. The molecule has 1 saturated heterocycles. The van der Waals surface area contributed by atoms with Gasteiger partial charge in [0.1, 0.15) is 5.75 Å². The SMILES string of the molecule is CCOc1ccc2nc(NC(=O)CC3CSCCN3)sc2c1. The average molecular weight is 337 g/mol. The predicted octanol–water partition coefficient (Wildman–Crippen LogP) is 2.73. The molecule has 22 heavy (non-hydrogen) atoms. The lowest BCUT2D eigenvalue weighted by atomic mass is 10.2. The second-order valence-corrected chi connectivity index (χ2v) is 7.24. The van der Waals surface area contributed by atoms with Gasteiger partial charge >= 0.3 is 0 Å². The molecule has 0 aliphatic carbocycles. The maximum absolute atomic E-state index is 12.1. The second-order valence-electron chi connectivity index (χ2n) is 5.06. The first kappa shape index (κ1) is 15.6. The van der Waals surface area contributed by atoms with Crippen molar-refractivity contribution in [3.05, 3.63) is 18.2 Å². The predicted molar refractivity (Wildman–Crippen MR) is 93.2 cm³/mol. The third kappa shape index (κ3) is 3.91. The molecule has 0 spiro atoms. The number of fused-ring (bicyclic) bond motifs is 1. The van der Waals surface area contributed by atoms with Gasteiger partial charge in [-0.25, -0.2) is 4.98 Å². The molecule has 1 aliphatic rings. The van der Waals surface area contributed by atoms with Crippen molar-refractivity contribution in [2.45, 2.75) is 19.4 Å². The number of hydrogen-bond donors (Lipinski definition) is 2. The molecular weight excluding hydrogens is 318 g/mol. The highest BCUT2D eigenvalue weighted by Crippen LogP contribution is 2.29. The summed E-state index contributed by atoms with van der Waals surface area (Å²) in [5, 5.41) is 6.93. The standard InChI is InChI=1S/C15H19N3O2S2/c1-2-20-11-3-4-12-13(8-11)22-15(17-12)18-14(19)7-10-9-21-6-5-16-10/h3-4,8,10,16H,2,5-7,9H2,1H3,(H,17,18,19). The third-order valence-electron chi connectivity index (χ3n) is 3.35. The van der Waals surface area contributed by atoms with Crippen molar-refractivity contribution in [2.75, 3.05) is 30.0 Å². The van der Waals surface area contributed by atoms with Gasteiger partial charge < -0.3 is 15.4 Å². The topological polar surface area (TPSA) is 63.2 Å². The van der Waals surface area contributed by atoms with E-state index < -0.39 is 0 Å². The lowest BCUT2D eigenvalue weighted by Gasteiger charge is -2.22. The van der Waals surface area contributed by atoms with Gasteiger partial charge in [0.15, 0.2) is 5.13 Å². The Labute approximate surface area is 137 Å². The summed E-state index contributed by atoms with van der Waals surface area (Å²) in [6.45, 7) is 3.57. The Morgan fingerprint density at radius 2 is 2.45 bits per heavy atom. The number of nitrogens with one attached hydrogen (secondary N) is 2. The molecule has 2 heterocycles. The first-order valence-corrected chi connectivity index (χ1v) is 9.36. The van der Waals surface area contributed by atoms with Crippen LogP contribution in [0.3, 0.4) is 0 Å². The van der Waals surface area contributed by atoms with Crippen molar-refractivity contribution >= 4 is 44.4 Å². The quantitative estimate of drug-likeness (QED) is 0.878. The molecule has 1 aromatic heterocycles. The number of anilines is 1. The lowest BCUT2D eigenvalue weighted by molar-refractivity contribution is -0.116. The number of thiazole rings is 1. The number of thioether (sulfide) groups is 1. The summed E-state index contributed by atoms with van der Waals surface area (Å²) in [7, 11) is 0. The maximum atomic E-state index is 12.1. The Morgan fingerprint density at radius 3 is 3.23 bits per heavy atom. The number of rotatable bonds is 5. The zero-order valence-corrected chi connectivity index (χ0v) is 14.1. The number of amides is 1. The molecule has 0 bridgehead atoms. The van der Waals surface area contributed by atoms with Crippen molar-refractivity contribution in [1.82, 2.24) is 10.3 Å². The minimum atomic E-state index is 0.0177. The van der Waals surface area contributed by atoms with Crippen molar-refractivity contribution < 1.29 is 9.53 Å². The molecule has 0 radical (unpaired) electrons. The molecule has 1 unspecified atom stereocenters. The summed E-state index contributed by atoms with van der Waals surface area (Å²) in [6.07, 6.45) is 0.493. The summed E-state index contributed by atoms with van der Waals surface area (Å²) in [6, 6.07) is 6.05. The van der Waals surface area contributed by atoms with Crippen molar-refractivity contribution in [1.29, 1.82) is 0 Å². The Balaban J connectivity index is 1.64. The molecule has 1 amide bonds. The summed E-state index contributed by atoms with van der Waals surface area (Å²) in [5.74, 6) is 2.97. The first-order chi connectivity index (χ1) is 10.7. The molecular formula is C15H19N3O2S2. The molecule has 1 atom stereocenters. The summed E-state index contributed by atoms with van der Waals surface area (Å²) >= 11 is 3.37. The van der Waals surface area contributed by atoms with E-state index in [4.69, 9.17) is 4.74 Å². The molecule has 2 aromatic rings. The highest BCUT2D eigenvalue weighted by atomic mass is 32.2. The van der Waals surface area contributed by atoms with Gasteiger partial charge in [0, 0.05) is 30.5 Å². The van der Waals surface area contributed by atoms with Crippen LogP contribution in [0, 0.1) is 0 Å². The van der Waals surface area contributed by atoms with Gasteiger partial charge in [-0.3, -0.25) is 4.79 Å².